The highest BCUT2D eigenvalue weighted by molar-refractivity contribution is 6.28. The van der Waals surface area contributed by atoms with Crippen molar-refractivity contribution in [3.8, 4) is 11.3 Å². The van der Waals surface area contributed by atoms with Gasteiger partial charge < -0.3 is 4.90 Å². The van der Waals surface area contributed by atoms with Crippen molar-refractivity contribution in [2.45, 2.75) is 19.3 Å². The van der Waals surface area contributed by atoms with Gasteiger partial charge in [0.05, 0.1) is 5.69 Å². The molecule has 0 N–H and O–H groups in total. The monoisotopic (exact) mass is 273 g/mol. The summed E-state index contributed by atoms with van der Waals surface area (Å²) in [5, 5.41) is 0.321. The summed E-state index contributed by atoms with van der Waals surface area (Å²) in [6.45, 7) is 2.11. The SMILES string of the molecule is Clc1nc(-c2ccccc2)cc(N2CCCCC2)n1. The quantitative estimate of drug-likeness (QED) is 0.780. The second kappa shape index (κ2) is 5.57. The standard InChI is InChI=1S/C15H16ClN3/c16-15-17-13(12-7-3-1-4-8-12)11-14(18-15)19-9-5-2-6-10-19/h1,3-4,7-8,11H,2,5-6,9-10H2. The lowest BCUT2D eigenvalue weighted by molar-refractivity contribution is 0.573. The number of nitrogens with zero attached hydrogens (tertiary/aromatic N) is 3. The van der Waals surface area contributed by atoms with Crippen LogP contribution in [-0.4, -0.2) is 23.1 Å². The van der Waals surface area contributed by atoms with E-state index in [1.807, 2.05) is 36.4 Å². The molecule has 2 aromatic rings. The van der Waals surface area contributed by atoms with Crippen LogP contribution >= 0.6 is 11.6 Å². The van der Waals surface area contributed by atoms with Crippen LogP contribution in [0.1, 0.15) is 19.3 Å². The van der Waals surface area contributed by atoms with Crippen LogP contribution in [0.4, 0.5) is 5.82 Å². The molecule has 3 rings (SSSR count). The summed E-state index contributed by atoms with van der Waals surface area (Å²) in [5.74, 6) is 0.943. The minimum Gasteiger partial charge on any atom is -0.356 e. The van der Waals surface area contributed by atoms with E-state index in [0.717, 1.165) is 30.2 Å². The Morgan fingerprint density at radius 2 is 1.68 bits per heavy atom. The molecule has 1 aliphatic rings. The van der Waals surface area contributed by atoms with Crippen LogP contribution in [0.3, 0.4) is 0 Å². The molecule has 1 fully saturated rings. The maximum Gasteiger partial charge on any atom is 0.224 e. The molecule has 0 amide bonds. The van der Waals surface area contributed by atoms with E-state index in [2.05, 4.69) is 14.9 Å². The van der Waals surface area contributed by atoms with Crippen LogP contribution in [0.15, 0.2) is 36.4 Å². The number of hydrogen-bond acceptors (Lipinski definition) is 3. The van der Waals surface area contributed by atoms with E-state index >= 15 is 0 Å². The van der Waals surface area contributed by atoms with Gasteiger partial charge in [0.1, 0.15) is 5.82 Å². The lowest BCUT2D eigenvalue weighted by atomic mass is 10.1. The number of hydrogen-bond donors (Lipinski definition) is 0. The van der Waals surface area contributed by atoms with Crippen molar-refractivity contribution in [1.82, 2.24) is 9.97 Å². The first-order valence-electron chi connectivity index (χ1n) is 6.68. The molecule has 0 bridgehead atoms. The minimum absolute atomic E-state index is 0.321. The molecule has 1 saturated heterocycles. The molecule has 2 heterocycles. The van der Waals surface area contributed by atoms with Crippen LogP contribution in [0.5, 0.6) is 0 Å². The summed E-state index contributed by atoms with van der Waals surface area (Å²) >= 11 is 6.07. The van der Waals surface area contributed by atoms with E-state index in [9.17, 15) is 0 Å². The molecule has 0 radical (unpaired) electrons. The number of aromatic nitrogens is 2. The van der Waals surface area contributed by atoms with Crippen molar-refractivity contribution in [1.29, 1.82) is 0 Å². The summed E-state index contributed by atoms with van der Waals surface area (Å²) in [4.78, 5) is 11.0. The molecule has 3 nitrogen and oxygen atoms in total. The minimum atomic E-state index is 0.321. The number of piperidine rings is 1. The van der Waals surface area contributed by atoms with Gasteiger partial charge in [-0.05, 0) is 30.9 Å². The molecule has 0 aliphatic carbocycles. The fourth-order valence-corrected chi connectivity index (χ4v) is 2.63. The normalized spacial score (nSPS) is 15.5. The molecule has 98 valence electrons. The first-order chi connectivity index (χ1) is 9.33. The van der Waals surface area contributed by atoms with E-state index in [1.54, 1.807) is 0 Å². The molecular formula is C15H16ClN3. The second-order valence-electron chi connectivity index (χ2n) is 4.79. The molecule has 0 atom stereocenters. The fraction of sp³-hybridized carbons (Fsp3) is 0.333. The number of rotatable bonds is 2. The van der Waals surface area contributed by atoms with Crippen molar-refractivity contribution in [3.63, 3.8) is 0 Å². The molecule has 0 unspecified atom stereocenters. The first kappa shape index (κ1) is 12.4. The van der Waals surface area contributed by atoms with Crippen molar-refractivity contribution in [2.24, 2.45) is 0 Å². The highest BCUT2D eigenvalue weighted by Gasteiger charge is 2.14. The molecule has 0 spiro atoms. The van der Waals surface area contributed by atoms with Crippen LogP contribution < -0.4 is 4.90 Å². The Hall–Kier alpha value is -1.61. The van der Waals surface area contributed by atoms with Gasteiger partial charge in [0.2, 0.25) is 5.28 Å². The Morgan fingerprint density at radius 3 is 2.42 bits per heavy atom. The van der Waals surface area contributed by atoms with Crippen molar-refractivity contribution in [2.75, 3.05) is 18.0 Å². The Bertz CT molecular complexity index is 551. The van der Waals surface area contributed by atoms with Crippen molar-refractivity contribution < 1.29 is 0 Å². The Kier molecular flexibility index (Phi) is 3.65. The van der Waals surface area contributed by atoms with Gasteiger partial charge in [0.15, 0.2) is 0 Å². The van der Waals surface area contributed by atoms with Gasteiger partial charge in [-0.25, -0.2) is 9.97 Å². The van der Waals surface area contributed by atoms with Gasteiger partial charge in [-0.3, -0.25) is 0 Å². The third kappa shape index (κ3) is 2.87. The topological polar surface area (TPSA) is 29.0 Å². The van der Waals surface area contributed by atoms with E-state index in [4.69, 9.17) is 11.6 Å². The predicted octanol–water partition coefficient (Wildman–Crippen LogP) is 3.79. The smallest absolute Gasteiger partial charge is 0.224 e. The summed E-state index contributed by atoms with van der Waals surface area (Å²) < 4.78 is 0. The van der Waals surface area contributed by atoms with Gasteiger partial charge in [0, 0.05) is 24.7 Å². The van der Waals surface area contributed by atoms with E-state index < -0.39 is 0 Å². The highest BCUT2D eigenvalue weighted by Crippen LogP contribution is 2.25. The number of benzene rings is 1. The zero-order valence-corrected chi connectivity index (χ0v) is 11.5. The Labute approximate surface area is 118 Å². The highest BCUT2D eigenvalue weighted by atomic mass is 35.5. The van der Waals surface area contributed by atoms with E-state index in [1.165, 1.54) is 19.3 Å². The molecule has 1 aliphatic heterocycles. The van der Waals surface area contributed by atoms with Crippen LogP contribution in [0.25, 0.3) is 11.3 Å². The average molecular weight is 274 g/mol. The lowest BCUT2D eigenvalue weighted by Gasteiger charge is -2.27. The van der Waals surface area contributed by atoms with Gasteiger partial charge >= 0.3 is 0 Å². The number of anilines is 1. The molecule has 19 heavy (non-hydrogen) atoms. The van der Waals surface area contributed by atoms with Gasteiger partial charge in [-0.1, -0.05) is 30.3 Å². The molecular weight excluding hydrogens is 258 g/mol. The van der Waals surface area contributed by atoms with Gasteiger partial charge in [-0.2, -0.15) is 0 Å². The van der Waals surface area contributed by atoms with Crippen LogP contribution in [0, 0.1) is 0 Å². The molecule has 0 saturated carbocycles. The lowest BCUT2D eigenvalue weighted by Crippen LogP contribution is -2.30. The summed E-state index contributed by atoms with van der Waals surface area (Å²) in [5.41, 5.74) is 1.96. The van der Waals surface area contributed by atoms with E-state index in [0.29, 0.717) is 5.28 Å². The molecule has 4 heteroatoms. The summed E-state index contributed by atoms with van der Waals surface area (Å²) in [6, 6.07) is 12.1. The zero-order chi connectivity index (χ0) is 13.1. The van der Waals surface area contributed by atoms with Gasteiger partial charge in [-0.15, -0.1) is 0 Å². The Morgan fingerprint density at radius 1 is 0.947 bits per heavy atom. The van der Waals surface area contributed by atoms with E-state index in [-0.39, 0.29) is 0 Å². The number of halogens is 1. The summed E-state index contributed by atoms with van der Waals surface area (Å²) in [7, 11) is 0. The fourth-order valence-electron chi connectivity index (χ4n) is 2.45. The second-order valence-corrected chi connectivity index (χ2v) is 5.13. The van der Waals surface area contributed by atoms with Crippen molar-refractivity contribution in [3.05, 3.63) is 41.7 Å². The largest absolute Gasteiger partial charge is 0.356 e. The third-order valence-corrected chi connectivity index (χ3v) is 3.60. The average Bonchev–Trinajstić information content (AvgIpc) is 2.48. The zero-order valence-electron chi connectivity index (χ0n) is 10.7. The first-order valence-corrected chi connectivity index (χ1v) is 7.06. The van der Waals surface area contributed by atoms with Crippen LogP contribution in [-0.2, 0) is 0 Å². The maximum absolute atomic E-state index is 6.07. The van der Waals surface area contributed by atoms with Crippen LogP contribution in [0.2, 0.25) is 5.28 Å². The van der Waals surface area contributed by atoms with Crippen molar-refractivity contribution >= 4 is 17.4 Å². The maximum atomic E-state index is 6.07. The Balaban J connectivity index is 1.96. The molecule has 1 aromatic carbocycles. The summed E-state index contributed by atoms with van der Waals surface area (Å²) in [6.07, 6.45) is 3.76. The predicted molar refractivity (Wildman–Crippen MR) is 78.5 cm³/mol. The molecule has 1 aromatic heterocycles. The van der Waals surface area contributed by atoms with Gasteiger partial charge in [0.25, 0.3) is 0 Å². The third-order valence-electron chi connectivity index (χ3n) is 3.43.